The van der Waals surface area contributed by atoms with Crippen molar-refractivity contribution in [3.8, 4) is 0 Å². The highest BCUT2D eigenvalue weighted by Crippen LogP contribution is 2.19. The van der Waals surface area contributed by atoms with E-state index in [1.54, 1.807) is 6.92 Å². The SMILES string of the molecule is CCOC(=O)C1C(=N)CCNC1Cc1ccccc1. The molecule has 1 aromatic rings. The number of nitrogens with one attached hydrogen (secondary N) is 2. The minimum absolute atomic E-state index is 0.0392. The van der Waals surface area contributed by atoms with Crippen molar-refractivity contribution in [2.24, 2.45) is 5.92 Å². The number of esters is 1. The van der Waals surface area contributed by atoms with Crippen molar-refractivity contribution in [2.45, 2.75) is 25.8 Å². The van der Waals surface area contributed by atoms with Crippen LogP contribution in [0.2, 0.25) is 0 Å². The Kier molecular flexibility index (Phi) is 4.68. The van der Waals surface area contributed by atoms with Crippen LogP contribution in [-0.4, -0.2) is 30.9 Å². The molecular formula is C15H20N2O2. The molecule has 1 aromatic carbocycles. The van der Waals surface area contributed by atoms with Gasteiger partial charge in [-0.25, -0.2) is 0 Å². The maximum Gasteiger partial charge on any atom is 0.316 e. The van der Waals surface area contributed by atoms with Crippen LogP contribution < -0.4 is 5.32 Å². The Morgan fingerprint density at radius 3 is 2.84 bits per heavy atom. The van der Waals surface area contributed by atoms with Gasteiger partial charge in [0.2, 0.25) is 0 Å². The number of carbonyl (C=O) groups excluding carboxylic acids is 1. The third-order valence-electron chi connectivity index (χ3n) is 3.42. The molecule has 1 fully saturated rings. The van der Waals surface area contributed by atoms with Gasteiger partial charge in [0.25, 0.3) is 0 Å². The average molecular weight is 260 g/mol. The number of benzene rings is 1. The lowest BCUT2D eigenvalue weighted by Gasteiger charge is -2.31. The second-order valence-electron chi connectivity index (χ2n) is 4.76. The third kappa shape index (κ3) is 3.41. The zero-order valence-corrected chi connectivity index (χ0v) is 11.2. The maximum absolute atomic E-state index is 12.0. The molecular weight excluding hydrogens is 240 g/mol. The molecule has 2 unspecified atom stereocenters. The maximum atomic E-state index is 12.0. The highest BCUT2D eigenvalue weighted by molar-refractivity contribution is 6.02. The molecule has 2 N–H and O–H groups in total. The summed E-state index contributed by atoms with van der Waals surface area (Å²) in [5.74, 6) is -0.727. The first-order valence-corrected chi connectivity index (χ1v) is 6.73. The van der Waals surface area contributed by atoms with Gasteiger partial charge in [-0.05, 0) is 25.3 Å². The Balaban J connectivity index is 2.11. The summed E-state index contributed by atoms with van der Waals surface area (Å²) in [5.41, 5.74) is 1.65. The second-order valence-corrected chi connectivity index (χ2v) is 4.76. The van der Waals surface area contributed by atoms with Crippen LogP contribution in [0, 0.1) is 11.3 Å². The first-order valence-electron chi connectivity index (χ1n) is 6.73. The molecule has 0 aliphatic carbocycles. The van der Waals surface area contributed by atoms with E-state index in [4.69, 9.17) is 10.1 Å². The molecule has 1 aliphatic rings. The van der Waals surface area contributed by atoms with Crippen molar-refractivity contribution in [2.75, 3.05) is 13.2 Å². The molecule has 4 nitrogen and oxygen atoms in total. The summed E-state index contributed by atoms with van der Waals surface area (Å²) in [5, 5.41) is 11.4. The van der Waals surface area contributed by atoms with Crippen molar-refractivity contribution in [1.82, 2.24) is 5.32 Å². The molecule has 2 rings (SSSR count). The molecule has 0 amide bonds. The zero-order valence-electron chi connectivity index (χ0n) is 11.2. The number of ether oxygens (including phenoxy) is 1. The van der Waals surface area contributed by atoms with Gasteiger partial charge in [-0.2, -0.15) is 0 Å². The van der Waals surface area contributed by atoms with Gasteiger partial charge in [0.1, 0.15) is 5.92 Å². The smallest absolute Gasteiger partial charge is 0.316 e. The zero-order chi connectivity index (χ0) is 13.7. The largest absolute Gasteiger partial charge is 0.465 e. The molecule has 2 atom stereocenters. The lowest BCUT2D eigenvalue weighted by atomic mass is 9.85. The van der Waals surface area contributed by atoms with Gasteiger partial charge in [-0.1, -0.05) is 30.3 Å². The van der Waals surface area contributed by atoms with E-state index in [2.05, 4.69) is 5.32 Å². The van der Waals surface area contributed by atoms with Crippen LogP contribution in [0.5, 0.6) is 0 Å². The summed E-state index contributed by atoms with van der Waals surface area (Å²) < 4.78 is 5.10. The highest BCUT2D eigenvalue weighted by Gasteiger charge is 2.35. The minimum Gasteiger partial charge on any atom is -0.465 e. The fraction of sp³-hybridized carbons (Fsp3) is 0.467. The fourth-order valence-corrected chi connectivity index (χ4v) is 2.51. The van der Waals surface area contributed by atoms with Gasteiger partial charge in [-0.15, -0.1) is 0 Å². The summed E-state index contributed by atoms with van der Waals surface area (Å²) in [7, 11) is 0. The highest BCUT2D eigenvalue weighted by atomic mass is 16.5. The Morgan fingerprint density at radius 1 is 1.42 bits per heavy atom. The van der Waals surface area contributed by atoms with Crippen molar-refractivity contribution in [3.63, 3.8) is 0 Å². The molecule has 0 bridgehead atoms. The van der Waals surface area contributed by atoms with Crippen LogP contribution in [0.25, 0.3) is 0 Å². The van der Waals surface area contributed by atoms with Gasteiger partial charge < -0.3 is 15.5 Å². The van der Waals surface area contributed by atoms with Crippen molar-refractivity contribution in [1.29, 1.82) is 5.41 Å². The second kappa shape index (κ2) is 6.48. The number of hydrogen-bond donors (Lipinski definition) is 2. The standard InChI is InChI=1S/C15H20N2O2/c1-2-19-15(18)14-12(16)8-9-17-13(14)10-11-6-4-3-5-7-11/h3-7,13-14,16-17H,2,8-10H2,1H3. The van der Waals surface area contributed by atoms with E-state index in [9.17, 15) is 4.79 Å². The van der Waals surface area contributed by atoms with Crippen LogP contribution in [0.15, 0.2) is 30.3 Å². The van der Waals surface area contributed by atoms with E-state index in [1.165, 1.54) is 5.56 Å². The Hall–Kier alpha value is -1.68. The van der Waals surface area contributed by atoms with Gasteiger partial charge in [0.15, 0.2) is 0 Å². The summed E-state index contributed by atoms with van der Waals surface area (Å²) >= 11 is 0. The predicted molar refractivity (Wildman–Crippen MR) is 74.4 cm³/mol. The molecule has 0 spiro atoms. The van der Waals surface area contributed by atoms with Crippen molar-refractivity contribution in [3.05, 3.63) is 35.9 Å². The van der Waals surface area contributed by atoms with E-state index in [-0.39, 0.29) is 12.0 Å². The van der Waals surface area contributed by atoms with Crippen LogP contribution in [0.4, 0.5) is 0 Å². The van der Waals surface area contributed by atoms with Gasteiger partial charge in [-0.3, -0.25) is 4.79 Å². The molecule has 19 heavy (non-hydrogen) atoms. The number of hydrogen-bond acceptors (Lipinski definition) is 4. The first kappa shape index (κ1) is 13.7. The quantitative estimate of drug-likeness (QED) is 0.811. The lowest BCUT2D eigenvalue weighted by molar-refractivity contribution is -0.146. The fourth-order valence-electron chi connectivity index (χ4n) is 2.51. The van der Waals surface area contributed by atoms with Crippen LogP contribution >= 0.6 is 0 Å². The normalized spacial score (nSPS) is 23.1. The molecule has 0 aromatic heterocycles. The molecule has 0 saturated carbocycles. The van der Waals surface area contributed by atoms with E-state index in [0.29, 0.717) is 18.7 Å². The van der Waals surface area contributed by atoms with Crippen LogP contribution in [-0.2, 0) is 16.0 Å². The Bertz CT molecular complexity index is 445. The number of rotatable bonds is 4. The van der Waals surface area contributed by atoms with E-state index in [1.807, 2.05) is 30.3 Å². The van der Waals surface area contributed by atoms with E-state index in [0.717, 1.165) is 13.0 Å². The number of carbonyl (C=O) groups is 1. The summed E-state index contributed by atoms with van der Waals surface area (Å²) in [4.78, 5) is 12.0. The van der Waals surface area contributed by atoms with Gasteiger partial charge >= 0.3 is 5.97 Å². The first-order chi connectivity index (χ1) is 9.22. The Labute approximate surface area is 113 Å². The molecule has 1 aliphatic heterocycles. The average Bonchev–Trinajstić information content (AvgIpc) is 2.40. The molecule has 1 heterocycles. The summed E-state index contributed by atoms with van der Waals surface area (Å²) in [6, 6.07) is 10.0. The van der Waals surface area contributed by atoms with Gasteiger partial charge in [0, 0.05) is 18.3 Å². The molecule has 4 heteroatoms. The van der Waals surface area contributed by atoms with Gasteiger partial charge in [0.05, 0.1) is 6.61 Å². The van der Waals surface area contributed by atoms with E-state index < -0.39 is 5.92 Å². The third-order valence-corrected chi connectivity index (χ3v) is 3.42. The minimum atomic E-state index is -0.450. The van der Waals surface area contributed by atoms with E-state index >= 15 is 0 Å². The summed E-state index contributed by atoms with van der Waals surface area (Å²) in [6.45, 7) is 2.91. The number of piperidine rings is 1. The van der Waals surface area contributed by atoms with Crippen LogP contribution in [0.3, 0.4) is 0 Å². The molecule has 0 radical (unpaired) electrons. The Morgan fingerprint density at radius 2 is 2.16 bits per heavy atom. The molecule has 1 saturated heterocycles. The van der Waals surface area contributed by atoms with Crippen molar-refractivity contribution >= 4 is 11.7 Å². The monoisotopic (exact) mass is 260 g/mol. The van der Waals surface area contributed by atoms with Crippen molar-refractivity contribution < 1.29 is 9.53 Å². The summed E-state index contributed by atoms with van der Waals surface area (Å²) in [6.07, 6.45) is 1.36. The molecule has 102 valence electrons. The lowest BCUT2D eigenvalue weighted by Crippen LogP contribution is -2.51. The van der Waals surface area contributed by atoms with Crippen LogP contribution in [0.1, 0.15) is 18.9 Å². The topological polar surface area (TPSA) is 62.2 Å². The predicted octanol–water partition coefficient (Wildman–Crippen LogP) is 1.79.